The van der Waals surface area contributed by atoms with Gasteiger partial charge in [-0.2, -0.15) is 0 Å². The molecule has 0 saturated heterocycles. The van der Waals surface area contributed by atoms with Crippen molar-refractivity contribution >= 4 is 46.3 Å². The van der Waals surface area contributed by atoms with Gasteiger partial charge < -0.3 is 10.2 Å². The van der Waals surface area contributed by atoms with Crippen molar-refractivity contribution in [2.24, 2.45) is 0 Å². The third kappa shape index (κ3) is 4.23. The molecule has 2 heterocycles. The van der Waals surface area contributed by atoms with Gasteiger partial charge in [0, 0.05) is 23.6 Å². The molecule has 0 aliphatic carbocycles. The van der Waals surface area contributed by atoms with E-state index in [1.807, 2.05) is 24.3 Å². The minimum atomic E-state index is -0.0870. The number of halogens is 1. The Bertz CT molecular complexity index is 947. The predicted octanol–water partition coefficient (Wildman–Crippen LogP) is 4.56. The van der Waals surface area contributed by atoms with Gasteiger partial charge in [-0.05, 0) is 54.4 Å². The minimum Gasteiger partial charge on any atom is -0.341 e. The van der Waals surface area contributed by atoms with Gasteiger partial charge in [0.15, 0.2) is 5.15 Å². The number of benzene rings is 2. The van der Waals surface area contributed by atoms with Crippen LogP contribution in [0.15, 0.2) is 65.7 Å². The van der Waals surface area contributed by atoms with Crippen molar-refractivity contribution in [3.63, 3.8) is 0 Å². The Hall–Kier alpha value is -2.57. The van der Waals surface area contributed by atoms with Gasteiger partial charge in [0.1, 0.15) is 5.03 Å². The van der Waals surface area contributed by atoms with Gasteiger partial charge in [-0.3, -0.25) is 4.79 Å². The quantitative estimate of drug-likeness (QED) is 0.641. The van der Waals surface area contributed by atoms with Crippen LogP contribution in [0.1, 0.15) is 5.56 Å². The fourth-order valence-electron chi connectivity index (χ4n) is 3.05. The second-order valence-corrected chi connectivity index (χ2v) is 7.49. The second kappa shape index (κ2) is 7.98. The molecule has 5 nitrogen and oxygen atoms in total. The molecule has 1 aliphatic heterocycles. The van der Waals surface area contributed by atoms with E-state index in [9.17, 15) is 4.79 Å². The summed E-state index contributed by atoms with van der Waals surface area (Å²) in [5.74, 6) is 0.174. The molecule has 0 atom stereocenters. The molecule has 136 valence electrons. The van der Waals surface area contributed by atoms with Crippen molar-refractivity contribution < 1.29 is 4.79 Å². The van der Waals surface area contributed by atoms with Crippen molar-refractivity contribution in [3.8, 4) is 0 Å². The lowest BCUT2D eigenvalue weighted by atomic mass is 10.2. The second-order valence-electron chi connectivity index (χ2n) is 6.11. The van der Waals surface area contributed by atoms with Crippen molar-refractivity contribution in [3.05, 3.63) is 71.4 Å². The lowest BCUT2D eigenvalue weighted by Crippen LogP contribution is -2.15. The van der Waals surface area contributed by atoms with Crippen LogP contribution in [0.25, 0.3) is 0 Å². The topological polar surface area (TPSA) is 58.1 Å². The zero-order valence-electron chi connectivity index (χ0n) is 14.4. The Kier molecular flexibility index (Phi) is 5.27. The molecule has 0 fully saturated rings. The molecule has 27 heavy (non-hydrogen) atoms. The highest BCUT2D eigenvalue weighted by atomic mass is 35.5. The summed E-state index contributed by atoms with van der Waals surface area (Å²) in [5.41, 5.74) is 4.54. The van der Waals surface area contributed by atoms with E-state index in [4.69, 9.17) is 11.6 Å². The van der Waals surface area contributed by atoms with Crippen LogP contribution >= 0.6 is 23.4 Å². The average Bonchev–Trinajstić information content (AvgIpc) is 3.12. The summed E-state index contributed by atoms with van der Waals surface area (Å²) >= 11 is 7.02. The molecule has 3 aromatic rings. The van der Waals surface area contributed by atoms with Crippen LogP contribution in [0.5, 0.6) is 0 Å². The molecule has 0 unspecified atom stereocenters. The molecule has 0 radical (unpaired) electrons. The van der Waals surface area contributed by atoms with E-state index in [2.05, 4.69) is 44.7 Å². The Morgan fingerprint density at radius 1 is 1.07 bits per heavy atom. The van der Waals surface area contributed by atoms with Gasteiger partial charge in [0.05, 0.1) is 5.75 Å². The maximum atomic E-state index is 12.1. The standard InChI is InChI=1S/C20H17ClN4OS/c21-18-9-10-20(24-23-18)27-13-19(26)22-15-5-7-16(8-6-15)25-12-11-14-3-1-2-4-17(14)25/h1-10H,11-13H2,(H,22,26). The van der Waals surface area contributed by atoms with Crippen molar-refractivity contribution in [1.82, 2.24) is 10.2 Å². The van der Waals surface area contributed by atoms with Crippen LogP contribution in [0, 0.1) is 0 Å². The first kappa shape index (κ1) is 17.8. The van der Waals surface area contributed by atoms with Gasteiger partial charge in [-0.15, -0.1) is 10.2 Å². The van der Waals surface area contributed by atoms with Gasteiger partial charge in [0.25, 0.3) is 0 Å². The summed E-state index contributed by atoms with van der Waals surface area (Å²) in [6, 6.07) is 19.8. The smallest absolute Gasteiger partial charge is 0.234 e. The first-order chi connectivity index (χ1) is 13.2. The summed E-state index contributed by atoms with van der Waals surface area (Å²) < 4.78 is 0. The van der Waals surface area contributed by atoms with E-state index >= 15 is 0 Å². The molecule has 7 heteroatoms. The van der Waals surface area contributed by atoms with Gasteiger partial charge in [0.2, 0.25) is 5.91 Å². The van der Waals surface area contributed by atoms with Crippen LogP contribution in [-0.4, -0.2) is 28.4 Å². The number of para-hydroxylation sites is 1. The average molecular weight is 397 g/mol. The molecule has 1 aliphatic rings. The summed E-state index contributed by atoms with van der Waals surface area (Å²) in [6.07, 6.45) is 1.06. The normalized spacial score (nSPS) is 12.7. The number of carbonyl (C=O) groups excluding carboxylic acids is 1. The van der Waals surface area contributed by atoms with Crippen molar-refractivity contribution in [2.75, 3.05) is 22.5 Å². The third-order valence-corrected chi connectivity index (χ3v) is 5.43. The van der Waals surface area contributed by atoms with Crippen LogP contribution < -0.4 is 10.2 Å². The first-order valence-electron chi connectivity index (χ1n) is 8.56. The number of thioether (sulfide) groups is 1. The van der Waals surface area contributed by atoms with E-state index in [1.165, 1.54) is 23.0 Å². The fraction of sp³-hybridized carbons (Fsp3) is 0.150. The van der Waals surface area contributed by atoms with Gasteiger partial charge in [-0.1, -0.05) is 41.6 Å². The largest absolute Gasteiger partial charge is 0.341 e. The van der Waals surface area contributed by atoms with E-state index in [-0.39, 0.29) is 11.7 Å². The number of nitrogens with one attached hydrogen (secondary N) is 1. The minimum absolute atomic E-state index is 0.0870. The van der Waals surface area contributed by atoms with Crippen LogP contribution in [0.3, 0.4) is 0 Å². The van der Waals surface area contributed by atoms with Crippen molar-refractivity contribution in [2.45, 2.75) is 11.4 Å². The Morgan fingerprint density at radius 2 is 1.89 bits per heavy atom. The van der Waals surface area contributed by atoms with Crippen molar-refractivity contribution in [1.29, 1.82) is 0 Å². The lowest BCUT2D eigenvalue weighted by Gasteiger charge is -2.20. The van der Waals surface area contributed by atoms with E-state index in [0.29, 0.717) is 10.2 Å². The van der Waals surface area contributed by atoms with Gasteiger partial charge >= 0.3 is 0 Å². The van der Waals surface area contributed by atoms with E-state index < -0.39 is 0 Å². The Balaban J connectivity index is 1.35. The summed E-state index contributed by atoms with van der Waals surface area (Å²) in [5, 5.41) is 11.6. The zero-order chi connectivity index (χ0) is 18.6. The lowest BCUT2D eigenvalue weighted by molar-refractivity contribution is -0.113. The summed E-state index contributed by atoms with van der Waals surface area (Å²) in [7, 11) is 0. The SMILES string of the molecule is O=C(CSc1ccc(Cl)nn1)Nc1ccc(N2CCc3ccccc32)cc1. The van der Waals surface area contributed by atoms with Crippen LogP contribution in [-0.2, 0) is 11.2 Å². The molecule has 1 aromatic heterocycles. The highest BCUT2D eigenvalue weighted by Gasteiger charge is 2.19. The Labute approximate surface area is 166 Å². The number of rotatable bonds is 5. The number of amides is 1. The predicted molar refractivity (Wildman–Crippen MR) is 110 cm³/mol. The van der Waals surface area contributed by atoms with Gasteiger partial charge in [-0.25, -0.2) is 0 Å². The molecule has 1 N–H and O–H groups in total. The number of aromatic nitrogens is 2. The maximum Gasteiger partial charge on any atom is 0.234 e. The molecule has 1 amide bonds. The number of hydrogen-bond donors (Lipinski definition) is 1. The number of fused-ring (bicyclic) bond motifs is 1. The first-order valence-corrected chi connectivity index (χ1v) is 9.93. The highest BCUT2D eigenvalue weighted by molar-refractivity contribution is 7.99. The molecule has 4 rings (SSSR count). The van der Waals surface area contributed by atoms with E-state index in [0.717, 1.165) is 24.3 Å². The number of nitrogens with zero attached hydrogens (tertiary/aromatic N) is 3. The molecule has 0 bridgehead atoms. The van der Waals surface area contributed by atoms with Crippen LogP contribution in [0.2, 0.25) is 5.15 Å². The summed E-state index contributed by atoms with van der Waals surface area (Å²) in [4.78, 5) is 14.4. The molecule has 0 spiro atoms. The molecule has 2 aromatic carbocycles. The number of carbonyl (C=O) groups is 1. The maximum absolute atomic E-state index is 12.1. The third-order valence-electron chi connectivity index (χ3n) is 4.31. The molecular formula is C20H17ClN4OS. The molecule has 0 saturated carbocycles. The number of hydrogen-bond acceptors (Lipinski definition) is 5. The van der Waals surface area contributed by atoms with Crippen LogP contribution in [0.4, 0.5) is 17.1 Å². The summed E-state index contributed by atoms with van der Waals surface area (Å²) in [6.45, 7) is 0.976. The Morgan fingerprint density at radius 3 is 2.67 bits per heavy atom. The monoisotopic (exact) mass is 396 g/mol. The molecular weight excluding hydrogens is 380 g/mol. The zero-order valence-corrected chi connectivity index (χ0v) is 16.0. The number of anilines is 3. The fourth-order valence-corrected chi connectivity index (χ4v) is 3.76. The highest BCUT2D eigenvalue weighted by Crippen LogP contribution is 2.34. The van der Waals surface area contributed by atoms with E-state index in [1.54, 1.807) is 12.1 Å².